The first-order valence-corrected chi connectivity index (χ1v) is 2.53. The third kappa shape index (κ3) is 10.5. The van der Waals surface area contributed by atoms with Crippen LogP contribution in [-0.4, -0.2) is 11.8 Å². The van der Waals surface area contributed by atoms with Crippen LogP contribution in [0, 0.1) is 0 Å². The Bertz CT molecular complexity index is 311. The number of Topliss-reactive ketones (excluding diaryl/α,β-unsaturated/α-hetero) is 1. The van der Waals surface area contributed by atoms with E-state index in [1.807, 2.05) is 0 Å². The minimum atomic E-state index is -2.48. The summed E-state index contributed by atoms with van der Waals surface area (Å²) in [7, 11) is 0. The summed E-state index contributed by atoms with van der Waals surface area (Å²) in [6.45, 7) is -1.04. The fourth-order valence-corrected chi connectivity index (χ4v) is 0.366. The maximum atomic E-state index is 10.9. The third-order valence-electron chi connectivity index (χ3n) is 0.715. The Morgan fingerprint density at radius 1 is 1.82 bits per heavy atom. The summed E-state index contributed by atoms with van der Waals surface area (Å²) in [6.07, 6.45) is -4.26. The van der Waals surface area contributed by atoms with Crippen molar-refractivity contribution in [3.8, 4) is 0 Å². The molecule has 0 bridgehead atoms. The van der Waals surface area contributed by atoms with Gasteiger partial charge in [0.15, 0.2) is 0 Å². The molecule has 0 saturated carbocycles. The number of hydrogen-bond acceptors (Lipinski definition) is 3. The molecule has 0 heterocycles. The van der Waals surface area contributed by atoms with Gasteiger partial charge in [0.1, 0.15) is 5.78 Å². The van der Waals surface area contributed by atoms with Crippen LogP contribution in [0.3, 0.4) is 0 Å². The zero-order valence-electron chi connectivity index (χ0n) is 11.1. The Labute approximate surface area is 115 Å². The fraction of sp³-hybridized carbons (Fsp3) is 0.429. The molecular weight excluding hydrogens is 171 g/mol. The average molecular weight is 185 g/mol. The van der Waals surface area contributed by atoms with Crippen molar-refractivity contribution in [3.63, 3.8) is 0 Å². The Morgan fingerprint density at radius 2 is 2.45 bits per heavy atom. The van der Waals surface area contributed by atoms with Crippen LogP contribution in [0.25, 0.3) is 0 Å². The van der Waals surface area contributed by atoms with Gasteiger partial charge in [-0.25, -0.2) is 0 Å². The van der Waals surface area contributed by atoms with Crippen LogP contribution in [0.2, 0.25) is 0 Å². The molecule has 0 atom stereocenters. The first-order chi connectivity index (χ1) is 6.66. The van der Waals surface area contributed by atoms with Crippen LogP contribution >= 0.6 is 0 Å². The summed E-state index contributed by atoms with van der Waals surface area (Å²) in [4.78, 5) is 20.9. The molecule has 0 spiro atoms. The Balaban J connectivity index is 0. The van der Waals surface area contributed by atoms with Crippen LogP contribution in [0.15, 0.2) is 12.6 Å². The van der Waals surface area contributed by atoms with E-state index in [9.17, 15) is 14.7 Å². The van der Waals surface area contributed by atoms with Gasteiger partial charge in [-0.15, -0.1) is 6.53 Å². The topological polar surface area (TPSA) is 57.2 Å². The molecule has 0 aromatic heterocycles. The van der Waals surface area contributed by atoms with Crippen LogP contribution in [0.1, 0.15) is 26.1 Å². The number of aliphatic carboxylic acids is 1. The Kier molecular flexibility index (Phi) is 4.73. The zero-order valence-corrected chi connectivity index (χ0v) is 9.26. The molecule has 0 aliphatic rings. The van der Waals surface area contributed by atoms with Crippen molar-refractivity contribution >= 4 is 11.8 Å². The summed E-state index contributed by atoms with van der Waals surface area (Å²) in [5.74, 6) is -2.56. The van der Waals surface area contributed by atoms with Gasteiger partial charge in [-0.3, -0.25) is 4.79 Å². The molecule has 56 valence electrons. The van der Waals surface area contributed by atoms with Crippen molar-refractivity contribution in [1.29, 1.82) is 0 Å². The molecule has 3 nitrogen and oxygen atoms in total. The second-order valence-corrected chi connectivity index (χ2v) is 1.57. The van der Waals surface area contributed by atoms with Gasteiger partial charge in [-0.2, -0.15) is 0 Å². The van der Waals surface area contributed by atoms with Gasteiger partial charge in [0.05, 0.1) is 4.11 Å². The second kappa shape index (κ2) is 8.61. The quantitative estimate of drug-likeness (QED) is 0.256. The summed E-state index contributed by atoms with van der Waals surface area (Å²) < 4.78 is 34.8. The van der Waals surface area contributed by atoms with Crippen LogP contribution < -0.4 is 56.5 Å². The van der Waals surface area contributed by atoms with Crippen molar-refractivity contribution in [2.45, 2.75) is 19.2 Å². The smallest absolute Gasteiger partial charge is 0.550 e. The van der Waals surface area contributed by atoms with Crippen molar-refractivity contribution < 1.29 is 72.9 Å². The van der Waals surface area contributed by atoms with E-state index in [1.165, 1.54) is 0 Å². The minimum Gasteiger partial charge on any atom is -0.550 e. The van der Waals surface area contributed by atoms with Crippen LogP contribution in [0.4, 0.5) is 0 Å². The number of carboxylic acids is 1. The summed E-state index contributed by atoms with van der Waals surface area (Å²) in [5.41, 5.74) is 0. The van der Waals surface area contributed by atoms with Gasteiger partial charge in [-0.1, -0.05) is 6.05 Å². The van der Waals surface area contributed by atoms with Crippen molar-refractivity contribution in [3.05, 3.63) is 12.6 Å². The molecule has 0 aliphatic heterocycles. The average Bonchev–Trinajstić information content (AvgIpc) is 1.99. The fourth-order valence-electron chi connectivity index (χ4n) is 0.366. The summed E-state index contributed by atoms with van der Waals surface area (Å²) in [5, 5.41) is 10.0. The first kappa shape index (κ1) is 6.04. The van der Waals surface area contributed by atoms with E-state index in [-0.39, 0.29) is 51.4 Å². The second-order valence-electron chi connectivity index (χ2n) is 1.57. The number of carbonyl (C=O) groups excluding carboxylic acids is 2. The first-order valence-electron chi connectivity index (χ1n) is 5.03. The normalized spacial score (nSPS) is 15.5. The molecule has 0 saturated heterocycles. The van der Waals surface area contributed by atoms with Gasteiger partial charge >= 0.3 is 51.4 Å². The molecule has 0 unspecified atom stereocenters. The van der Waals surface area contributed by atoms with E-state index in [1.54, 1.807) is 0 Å². The SMILES string of the molecule is [2H]C([2H])=C([2H])C([2H])([2H])CC(=O)CC(=O)[O-].[K+]. The molecule has 0 radical (unpaired) electrons. The summed E-state index contributed by atoms with van der Waals surface area (Å²) in [6, 6.07) is -0.950. The molecule has 0 aromatic carbocycles. The zero-order chi connectivity index (χ0) is 12.2. The molecule has 0 rings (SSSR count). The van der Waals surface area contributed by atoms with E-state index in [2.05, 4.69) is 0 Å². The van der Waals surface area contributed by atoms with Gasteiger partial charge in [0, 0.05) is 21.6 Å². The van der Waals surface area contributed by atoms with Crippen LogP contribution in [0.5, 0.6) is 0 Å². The molecule has 0 aliphatic carbocycles. The van der Waals surface area contributed by atoms with Gasteiger partial charge in [0.25, 0.3) is 0 Å². The standard InChI is InChI=1S/C7H10O3.K/c1-2-3-4-6(8)5-7(9)10;/h2H,1,3-5H2,(H,9,10);/q;+1/p-1/i1D2,2D,3D2;. The van der Waals surface area contributed by atoms with Crippen molar-refractivity contribution in [2.24, 2.45) is 0 Å². The van der Waals surface area contributed by atoms with Crippen molar-refractivity contribution in [2.75, 3.05) is 0 Å². The molecule has 0 aromatic rings. The van der Waals surface area contributed by atoms with E-state index in [0.29, 0.717) is 0 Å². The molecule has 0 fully saturated rings. The maximum absolute atomic E-state index is 10.9. The van der Waals surface area contributed by atoms with E-state index >= 15 is 0 Å². The number of allylic oxidation sites excluding steroid dienone is 1. The predicted octanol–water partition coefficient (Wildman–Crippen LogP) is -3.33. The van der Waals surface area contributed by atoms with Gasteiger partial charge in [-0.05, 0) is 6.37 Å². The Hall–Kier alpha value is 0.516. The molecule has 0 N–H and O–H groups in total. The summed E-state index contributed by atoms with van der Waals surface area (Å²) >= 11 is 0. The Morgan fingerprint density at radius 3 is 2.91 bits per heavy atom. The maximum Gasteiger partial charge on any atom is 1.00 e. The van der Waals surface area contributed by atoms with Gasteiger partial charge in [0.2, 0.25) is 0 Å². The molecular formula is C7H9KO3. The number of carboxylic acid groups (broad SMARTS) is 1. The molecule has 4 heteroatoms. The van der Waals surface area contributed by atoms with Gasteiger partial charge < -0.3 is 9.90 Å². The van der Waals surface area contributed by atoms with E-state index in [0.717, 1.165) is 0 Å². The minimum absolute atomic E-state index is 0. The number of carbonyl (C=O) groups is 2. The third-order valence-corrected chi connectivity index (χ3v) is 0.715. The number of ketones is 1. The number of rotatable bonds is 5. The predicted molar refractivity (Wildman–Crippen MR) is 34.1 cm³/mol. The molecule has 0 amide bonds. The largest absolute Gasteiger partial charge is 1.00 e. The van der Waals surface area contributed by atoms with Crippen LogP contribution in [-0.2, 0) is 9.59 Å². The number of hydrogen-bond donors (Lipinski definition) is 0. The van der Waals surface area contributed by atoms with E-state index < -0.39 is 43.6 Å². The monoisotopic (exact) mass is 185 g/mol. The van der Waals surface area contributed by atoms with Crippen molar-refractivity contribution in [1.82, 2.24) is 0 Å². The molecule has 11 heavy (non-hydrogen) atoms. The van der Waals surface area contributed by atoms with E-state index in [4.69, 9.17) is 6.85 Å².